The normalized spacial score (nSPS) is 14.1. The number of rotatable bonds is 4. The van der Waals surface area contributed by atoms with Crippen LogP contribution in [0.3, 0.4) is 0 Å². The molecule has 0 bridgehead atoms. The van der Waals surface area contributed by atoms with E-state index in [0.717, 1.165) is 24.2 Å². The first-order chi connectivity index (χ1) is 9.15. The van der Waals surface area contributed by atoms with Crippen molar-refractivity contribution in [3.8, 4) is 5.75 Å². The van der Waals surface area contributed by atoms with Gasteiger partial charge in [-0.1, -0.05) is 0 Å². The second kappa shape index (κ2) is 5.78. The van der Waals surface area contributed by atoms with Crippen molar-refractivity contribution in [3.63, 3.8) is 0 Å². The van der Waals surface area contributed by atoms with Gasteiger partial charge in [0.05, 0.1) is 13.7 Å². The van der Waals surface area contributed by atoms with E-state index in [9.17, 15) is 4.79 Å². The van der Waals surface area contributed by atoms with Crippen LogP contribution in [0, 0.1) is 0 Å². The molecule has 0 saturated carbocycles. The van der Waals surface area contributed by atoms with Crippen LogP contribution in [0.15, 0.2) is 17.8 Å². The summed E-state index contributed by atoms with van der Waals surface area (Å²) in [4.78, 5) is 11.5. The molecule has 19 heavy (non-hydrogen) atoms. The fourth-order valence-corrected chi connectivity index (χ4v) is 2.35. The van der Waals surface area contributed by atoms with Crippen LogP contribution in [-0.2, 0) is 22.4 Å². The van der Waals surface area contributed by atoms with Crippen LogP contribution in [0.4, 0.5) is 0 Å². The van der Waals surface area contributed by atoms with Crippen molar-refractivity contribution in [2.75, 3.05) is 13.7 Å². The van der Waals surface area contributed by atoms with E-state index >= 15 is 0 Å². The van der Waals surface area contributed by atoms with Gasteiger partial charge in [-0.25, -0.2) is 4.79 Å². The third kappa shape index (κ3) is 2.89. The van der Waals surface area contributed by atoms with Crippen LogP contribution in [0.1, 0.15) is 30.0 Å². The quantitative estimate of drug-likeness (QED) is 0.665. The molecular weight excluding hydrogens is 242 g/mol. The summed E-state index contributed by atoms with van der Waals surface area (Å²) in [5.41, 5.74) is 9.29. The van der Waals surface area contributed by atoms with Gasteiger partial charge in [-0.15, -0.1) is 0 Å². The minimum atomic E-state index is -0.495. The summed E-state index contributed by atoms with van der Waals surface area (Å²) >= 11 is 0. The molecule has 0 aromatic heterocycles. The predicted octanol–water partition coefficient (Wildman–Crippen LogP) is 2.05. The highest BCUT2D eigenvalue weighted by Crippen LogP contribution is 2.30. The van der Waals surface area contributed by atoms with Crippen molar-refractivity contribution in [1.29, 1.82) is 0 Å². The topological polar surface area (TPSA) is 61.5 Å². The summed E-state index contributed by atoms with van der Waals surface area (Å²) in [5.74, 6) is 0.248. The molecule has 0 fully saturated rings. The van der Waals surface area contributed by atoms with E-state index in [4.69, 9.17) is 15.2 Å². The molecule has 2 rings (SSSR count). The van der Waals surface area contributed by atoms with E-state index in [-0.39, 0.29) is 5.70 Å². The van der Waals surface area contributed by atoms with Gasteiger partial charge in [0.1, 0.15) is 11.4 Å². The molecule has 0 atom stereocenters. The summed E-state index contributed by atoms with van der Waals surface area (Å²) in [7, 11) is 1.62. The van der Waals surface area contributed by atoms with Gasteiger partial charge in [0, 0.05) is 5.56 Å². The maximum Gasteiger partial charge on any atom is 0.354 e. The molecular formula is C15H19NO3. The molecule has 1 aliphatic rings. The van der Waals surface area contributed by atoms with Crippen LogP contribution in [-0.4, -0.2) is 19.7 Å². The van der Waals surface area contributed by atoms with Crippen molar-refractivity contribution in [3.05, 3.63) is 34.5 Å². The van der Waals surface area contributed by atoms with Gasteiger partial charge in [0.15, 0.2) is 0 Å². The number of hydrogen-bond donors (Lipinski definition) is 1. The van der Waals surface area contributed by atoms with Crippen LogP contribution in [0.5, 0.6) is 5.75 Å². The fourth-order valence-electron chi connectivity index (χ4n) is 2.35. The monoisotopic (exact) mass is 261 g/mol. The van der Waals surface area contributed by atoms with E-state index in [1.807, 2.05) is 12.1 Å². The molecule has 0 spiro atoms. The summed E-state index contributed by atoms with van der Waals surface area (Å²) in [5, 5.41) is 0. The SMILES string of the molecule is CCOC(=O)/C(N)=C/c1cc2c(cc1OC)CCC2. The second-order valence-corrected chi connectivity index (χ2v) is 4.54. The highest BCUT2D eigenvalue weighted by molar-refractivity contribution is 5.93. The number of aryl methyl sites for hydroxylation is 2. The first-order valence-corrected chi connectivity index (χ1v) is 6.49. The number of carbonyl (C=O) groups excluding carboxylic acids is 1. The second-order valence-electron chi connectivity index (χ2n) is 4.54. The van der Waals surface area contributed by atoms with Gasteiger partial charge in [-0.2, -0.15) is 0 Å². The maximum absolute atomic E-state index is 11.5. The molecule has 0 saturated heterocycles. The zero-order chi connectivity index (χ0) is 13.8. The number of benzene rings is 1. The Labute approximate surface area is 113 Å². The molecule has 2 N–H and O–H groups in total. The van der Waals surface area contributed by atoms with E-state index in [1.54, 1.807) is 20.1 Å². The van der Waals surface area contributed by atoms with Crippen molar-refractivity contribution < 1.29 is 14.3 Å². The highest BCUT2D eigenvalue weighted by atomic mass is 16.5. The molecule has 4 nitrogen and oxygen atoms in total. The first-order valence-electron chi connectivity index (χ1n) is 6.49. The Morgan fingerprint density at radius 2 is 2.05 bits per heavy atom. The molecule has 0 amide bonds. The molecule has 1 aromatic rings. The Morgan fingerprint density at radius 1 is 1.37 bits per heavy atom. The smallest absolute Gasteiger partial charge is 0.354 e. The lowest BCUT2D eigenvalue weighted by molar-refractivity contribution is -0.138. The average Bonchev–Trinajstić information content (AvgIpc) is 2.85. The van der Waals surface area contributed by atoms with Crippen LogP contribution in [0.2, 0.25) is 0 Å². The lowest BCUT2D eigenvalue weighted by atomic mass is 10.0. The number of ether oxygens (including phenoxy) is 2. The highest BCUT2D eigenvalue weighted by Gasteiger charge is 2.15. The van der Waals surface area contributed by atoms with E-state index < -0.39 is 5.97 Å². The Kier molecular flexibility index (Phi) is 4.10. The Balaban J connectivity index is 2.34. The summed E-state index contributed by atoms with van der Waals surface area (Å²) < 4.78 is 10.2. The molecule has 0 radical (unpaired) electrons. The van der Waals surface area contributed by atoms with Crippen LogP contribution < -0.4 is 10.5 Å². The molecule has 0 unspecified atom stereocenters. The van der Waals surface area contributed by atoms with E-state index in [2.05, 4.69) is 0 Å². The third-order valence-electron chi connectivity index (χ3n) is 3.27. The molecule has 0 heterocycles. The molecule has 0 aliphatic heterocycles. The standard InChI is InChI=1S/C15H19NO3/c1-3-19-15(17)13(16)8-12-7-10-5-4-6-11(10)9-14(12)18-2/h7-9H,3-6,16H2,1-2H3/b13-8-. The summed E-state index contributed by atoms with van der Waals surface area (Å²) in [6, 6.07) is 4.08. The predicted molar refractivity (Wildman–Crippen MR) is 73.8 cm³/mol. The van der Waals surface area contributed by atoms with Crippen molar-refractivity contribution in [2.45, 2.75) is 26.2 Å². The Morgan fingerprint density at radius 3 is 2.68 bits per heavy atom. The molecule has 1 aliphatic carbocycles. The molecule has 4 heteroatoms. The summed E-state index contributed by atoms with van der Waals surface area (Å²) in [6.07, 6.45) is 4.94. The fraction of sp³-hybridized carbons (Fsp3) is 0.400. The van der Waals surface area contributed by atoms with Gasteiger partial charge in [-0.05, 0) is 55.5 Å². The summed E-state index contributed by atoms with van der Waals surface area (Å²) in [6.45, 7) is 2.07. The van der Waals surface area contributed by atoms with Gasteiger partial charge < -0.3 is 15.2 Å². The van der Waals surface area contributed by atoms with Crippen LogP contribution >= 0.6 is 0 Å². The van der Waals surface area contributed by atoms with Gasteiger partial charge in [-0.3, -0.25) is 0 Å². The Bertz CT molecular complexity index is 520. The first kappa shape index (κ1) is 13.5. The van der Waals surface area contributed by atoms with Gasteiger partial charge in [0.2, 0.25) is 0 Å². The van der Waals surface area contributed by atoms with Gasteiger partial charge in [0.25, 0.3) is 0 Å². The number of methoxy groups -OCH3 is 1. The zero-order valence-corrected chi connectivity index (χ0v) is 11.4. The number of esters is 1. The zero-order valence-electron chi connectivity index (χ0n) is 11.4. The lowest BCUT2D eigenvalue weighted by Gasteiger charge is -2.09. The average molecular weight is 261 g/mol. The van der Waals surface area contributed by atoms with E-state index in [0.29, 0.717) is 6.61 Å². The maximum atomic E-state index is 11.5. The van der Waals surface area contributed by atoms with Crippen LogP contribution in [0.25, 0.3) is 6.08 Å². The molecule has 1 aromatic carbocycles. The minimum Gasteiger partial charge on any atom is -0.496 e. The largest absolute Gasteiger partial charge is 0.496 e. The minimum absolute atomic E-state index is 0.0955. The number of hydrogen-bond acceptors (Lipinski definition) is 4. The number of nitrogens with two attached hydrogens (primary N) is 1. The lowest BCUT2D eigenvalue weighted by Crippen LogP contribution is -2.14. The van der Waals surface area contributed by atoms with Gasteiger partial charge >= 0.3 is 5.97 Å². The van der Waals surface area contributed by atoms with Crippen molar-refractivity contribution in [1.82, 2.24) is 0 Å². The molecule has 102 valence electrons. The number of fused-ring (bicyclic) bond motifs is 1. The van der Waals surface area contributed by atoms with Crippen molar-refractivity contribution >= 4 is 12.0 Å². The third-order valence-corrected chi connectivity index (χ3v) is 3.27. The van der Waals surface area contributed by atoms with E-state index in [1.165, 1.54) is 17.5 Å². The Hall–Kier alpha value is -1.97. The van der Waals surface area contributed by atoms with Crippen molar-refractivity contribution in [2.24, 2.45) is 5.73 Å². The number of carbonyl (C=O) groups is 1.